The average molecular weight is 205 g/mol. The summed E-state index contributed by atoms with van der Waals surface area (Å²) in [6, 6.07) is 0. The molecule has 0 bridgehead atoms. The molecule has 0 aromatic heterocycles. The van der Waals surface area contributed by atoms with Crippen molar-refractivity contribution in [2.75, 3.05) is 11.5 Å². The third-order valence-electron chi connectivity index (χ3n) is 3.21. The molecular weight excluding hydrogens is 186 g/mol. The maximum atomic E-state index is 11.2. The molecule has 0 atom stereocenters. The fourth-order valence-electron chi connectivity index (χ4n) is 1.65. The Hall–Kier alpha value is -0.0900. The van der Waals surface area contributed by atoms with E-state index in [1.54, 1.807) is 0 Å². The monoisotopic (exact) mass is 205 g/mol. The zero-order valence-corrected chi connectivity index (χ0v) is 9.45. The third-order valence-corrected chi connectivity index (χ3v) is 4.86. The lowest BCUT2D eigenvalue weighted by molar-refractivity contribution is 0.171. The zero-order valence-electron chi connectivity index (χ0n) is 8.63. The average Bonchev–Trinajstić information content (AvgIpc) is 1.94. The van der Waals surface area contributed by atoms with E-state index in [0.29, 0.717) is 12.8 Å². The van der Waals surface area contributed by atoms with E-state index in [0.717, 1.165) is 0 Å². The quantitative estimate of drug-likeness (QED) is 0.640. The molecule has 0 aromatic rings. The normalized spacial score (nSPS) is 27.1. The number of hydrogen-bond donors (Lipinski definition) is 1. The first-order chi connectivity index (χ1) is 5.66. The number of nitrogens with two attached hydrogens (primary N) is 1. The highest BCUT2D eigenvalue weighted by atomic mass is 32.2. The fraction of sp³-hybridized carbons (Fsp3) is 1.00. The van der Waals surface area contributed by atoms with Crippen molar-refractivity contribution in [2.45, 2.75) is 39.2 Å². The third kappa shape index (κ3) is 2.23. The van der Waals surface area contributed by atoms with Gasteiger partial charge in [0, 0.05) is 5.54 Å². The Balaban J connectivity index is 2.79. The maximum absolute atomic E-state index is 11.2. The van der Waals surface area contributed by atoms with Gasteiger partial charge in [-0.1, -0.05) is 20.8 Å². The molecule has 1 aliphatic rings. The molecule has 0 radical (unpaired) electrons. The van der Waals surface area contributed by atoms with E-state index in [4.69, 9.17) is 5.73 Å². The van der Waals surface area contributed by atoms with Crippen molar-refractivity contribution in [3.63, 3.8) is 0 Å². The first-order valence-electron chi connectivity index (χ1n) is 4.66. The van der Waals surface area contributed by atoms with Gasteiger partial charge in [0.05, 0.1) is 11.5 Å². The van der Waals surface area contributed by atoms with Crippen molar-refractivity contribution < 1.29 is 8.42 Å². The molecular formula is C9H19NO2S. The summed E-state index contributed by atoms with van der Waals surface area (Å²) in [5.41, 5.74) is 5.87. The minimum atomic E-state index is -2.79. The molecule has 3 nitrogen and oxygen atoms in total. The van der Waals surface area contributed by atoms with Gasteiger partial charge in [0.15, 0.2) is 0 Å². The van der Waals surface area contributed by atoms with E-state index >= 15 is 0 Å². The van der Waals surface area contributed by atoms with Gasteiger partial charge in [-0.15, -0.1) is 0 Å². The van der Waals surface area contributed by atoms with E-state index in [2.05, 4.69) is 20.8 Å². The lowest BCUT2D eigenvalue weighted by atomic mass is 9.71. The molecule has 1 saturated heterocycles. The Labute approximate surface area is 80.6 Å². The second-order valence-electron chi connectivity index (χ2n) is 5.06. The summed E-state index contributed by atoms with van der Waals surface area (Å²) >= 11 is 0. The summed E-state index contributed by atoms with van der Waals surface area (Å²) in [6.07, 6.45) is 1.19. The summed E-state index contributed by atoms with van der Waals surface area (Å²) in [7, 11) is -2.79. The van der Waals surface area contributed by atoms with Crippen molar-refractivity contribution in [2.24, 2.45) is 11.1 Å². The Morgan fingerprint density at radius 3 is 1.85 bits per heavy atom. The first kappa shape index (κ1) is 11.0. The van der Waals surface area contributed by atoms with Gasteiger partial charge in [0.1, 0.15) is 9.84 Å². The lowest BCUT2D eigenvalue weighted by Gasteiger charge is -2.44. The first-order valence-corrected chi connectivity index (χ1v) is 6.48. The van der Waals surface area contributed by atoms with Gasteiger partial charge < -0.3 is 5.73 Å². The van der Waals surface area contributed by atoms with Gasteiger partial charge in [-0.2, -0.15) is 0 Å². The molecule has 78 valence electrons. The minimum Gasteiger partial charge on any atom is -0.325 e. The van der Waals surface area contributed by atoms with E-state index in [1.807, 2.05) is 0 Å². The van der Waals surface area contributed by atoms with Gasteiger partial charge in [-0.25, -0.2) is 8.42 Å². The highest BCUT2D eigenvalue weighted by Gasteiger charge is 2.42. The standard InChI is InChI=1S/C9H19NO2S/c1-8(2,3)9(10)4-6-13(11,12)7-5-9/h4-7,10H2,1-3H3. The molecule has 4 heteroatoms. The van der Waals surface area contributed by atoms with Crippen LogP contribution in [-0.2, 0) is 9.84 Å². The Bertz CT molecular complexity index is 273. The predicted molar refractivity (Wildman–Crippen MR) is 54.3 cm³/mol. The molecule has 0 aromatic carbocycles. The maximum Gasteiger partial charge on any atom is 0.150 e. The molecule has 13 heavy (non-hydrogen) atoms. The molecule has 1 heterocycles. The molecule has 0 aliphatic carbocycles. The summed E-state index contributed by atoms with van der Waals surface area (Å²) in [5.74, 6) is 0.502. The summed E-state index contributed by atoms with van der Waals surface area (Å²) in [6.45, 7) is 6.22. The van der Waals surface area contributed by atoms with Gasteiger partial charge in [0.2, 0.25) is 0 Å². The number of sulfone groups is 1. The molecule has 1 rings (SSSR count). The molecule has 0 spiro atoms. The largest absolute Gasteiger partial charge is 0.325 e. The summed E-state index contributed by atoms with van der Waals surface area (Å²) in [4.78, 5) is 0. The van der Waals surface area contributed by atoms with E-state index in [-0.39, 0.29) is 22.5 Å². The Kier molecular flexibility index (Phi) is 2.50. The van der Waals surface area contributed by atoms with Gasteiger partial charge in [-0.3, -0.25) is 0 Å². The van der Waals surface area contributed by atoms with Crippen molar-refractivity contribution in [1.29, 1.82) is 0 Å². The SMILES string of the molecule is CC(C)(C)C1(N)CCS(=O)(=O)CC1. The van der Waals surface area contributed by atoms with Crippen molar-refractivity contribution in [1.82, 2.24) is 0 Å². The summed E-state index contributed by atoms with van der Waals surface area (Å²) < 4.78 is 22.4. The van der Waals surface area contributed by atoms with Crippen LogP contribution in [0.25, 0.3) is 0 Å². The second kappa shape index (κ2) is 2.95. The fourth-order valence-corrected chi connectivity index (χ4v) is 3.21. The van der Waals surface area contributed by atoms with Crippen molar-refractivity contribution >= 4 is 9.84 Å². The minimum absolute atomic E-state index is 0.0110. The zero-order chi connectivity index (χ0) is 10.3. The van der Waals surface area contributed by atoms with E-state index in [9.17, 15) is 8.42 Å². The van der Waals surface area contributed by atoms with Crippen LogP contribution in [0.3, 0.4) is 0 Å². The van der Waals surface area contributed by atoms with Crippen LogP contribution in [0.2, 0.25) is 0 Å². The number of rotatable bonds is 0. The number of hydrogen-bond acceptors (Lipinski definition) is 3. The van der Waals surface area contributed by atoms with Crippen LogP contribution in [0.15, 0.2) is 0 Å². The summed E-state index contributed by atoms with van der Waals surface area (Å²) in [5, 5.41) is 0. The molecule has 0 unspecified atom stereocenters. The van der Waals surface area contributed by atoms with Gasteiger partial charge in [-0.05, 0) is 18.3 Å². The van der Waals surface area contributed by atoms with E-state index in [1.165, 1.54) is 0 Å². The Morgan fingerprint density at radius 1 is 1.15 bits per heavy atom. The predicted octanol–water partition coefficient (Wildman–Crippen LogP) is 0.939. The smallest absolute Gasteiger partial charge is 0.150 e. The van der Waals surface area contributed by atoms with Crippen LogP contribution in [0, 0.1) is 5.41 Å². The van der Waals surface area contributed by atoms with Gasteiger partial charge >= 0.3 is 0 Å². The van der Waals surface area contributed by atoms with Crippen LogP contribution in [0.5, 0.6) is 0 Å². The van der Waals surface area contributed by atoms with Crippen LogP contribution < -0.4 is 5.73 Å². The lowest BCUT2D eigenvalue weighted by Crippen LogP contribution is -2.55. The second-order valence-corrected chi connectivity index (χ2v) is 7.36. The van der Waals surface area contributed by atoms with Crippen LogP contribution in [-0.4, -0.2) is 25.5 Å². The molecule has 2 N–H and O–H groups in total. The molecule has 0 saturated carbocycles. The van der Waals surface area contributed by atoms with Crippen LogP contribution >= 0.6 is 0 Å². The van der Waals surface area contributed by atoms with Crippen molar-refractivity contribution in [3.8, 4) is 0 Å². The molecule has 0 amide bonds. The topological polar surface area (TPSA) is 60.2 Å². The van der Waals surface area contributed by atoms with Crippen LogP contribution in [0.1, 0.15) is 33.6 Å². The van der Waals surface area contributed by atoms with E-state index < -0.39 is 9.84 Å². The molecule has 1 aliphatic heterocycles. The van der Waals surface area contributed by atoms with Gasteiger partial charge in [0.25, 0.3) is 0 Å². The highest BCUT2D eigenvalue weighted by molar-refractivity contribution is 7.91. The molecule has 1 fully saturated rings. The van der Waals surface area contributed by atoms with Crippen molar-refractivity contribution in [3.05, 3.63) is 0 Å². The van der Waals surface area contributed by atoms with Crippen LogP contribution in [0.4, 0.5) is 0 Å². The highest BCUT2D eigenvalue weighted by Crippen LogP contribution is 2.37. The Morgan fingerprint density at radius 2 is 1.54 bits per heavy atom.